The van der Waals surface area contributed by atoms with E-state index in [2.05, 4.69) is 18.8 Å². The van der Waals surface area contributed by atoms with Gasteiger partial charge in [-0.2, -0.15) is 0 Å². The monoisotopic (exact) mass is 290 g/mol. The van der Waals surface area contributed by atoms with E-state index in [0.29, 0.717) is 24.1 Å². The molecule has 4 nitrogen and oxygen atoms in total. The third-order valence-corrected chi connectivity index (χ3v) is 4.63. The molecule has 0 bridgehead atoms. The highest BCUT2D eigenvalue weighted by atomic mass is 16.5. The van der Waals surface area contributed by atoms with E-state index >= 15 is 0 Å². The first-order chi connectivity index (χ1) is 9.88. The maximum Gasteiger partial charge on any atom is 0.169 e. The molecule has 1 aliphatic carbocycles. The number of carbonyl (C=O) groups is 1. The predicted molar refractivity (Wildman–Crippen MR) is 84.0 cm³/mol. The van der Waals surface area contributed by atoms with Crippen LogP contribution >= 0.6 is 0 Å². The number of aromatic nitrogens is 1. The number of anilines is 1. The van der Waals surface area contributed by atoms with Crippen LogP contribution in [0.25, 0.3) is 0 Å². The molecule has 2 N–H and O–H groups in total. The predicted octanol–water partition coefficient (Wildman–Crippen LogP) is 3.15. The van der Waals surface area contributed by atoms with Crippen molar-refractivity contribution in [1.82, 2.24) is 4.98 Å². The number of carbonyl (C=O) groups excluding carboxylic acids is 1. The molecule has 1 aromatic rings. The Bertz CT molecular complexity index is 501. The Morgan fingerprint density at radius 2 is 2.00 bits per heavy atom. The fourth-order valence-corrected chi connectivity index (χ4v) is 3.03. The highest BCUT2D eigenvalue weighted by Gasteiger charge is 2.44. The van der Waals surface area contributed by atoms with Gasteiger partial charge in [0.2, 0.25) is 0 Å². The van der Waals surface area contributed by atoms with E-state index in [0.717, 1.165) is 31.2 Å². The Morgan fingerprint density at radius 1 is 1.33 bits per heavy atom. The van der Waals surface area contributed by atoms with Crippen LogP contribution in [0.1, 0.15) is 52.0 Å². The van der Waals surface area contributed by atoms with Crippen LogP contribution in [-0.2, 0) is 16.0 Å². The summed E-state index contributed by atoms with van der Waals surface area (Å²) >= 11 is 0. The molecule has 1 aromatic heterocycles. The maximum absolute atomic E-state index is 12.8. The van der Waals surface area contributed by atoms with Crippen LogP contribution in [0.4, 0.5) is 5.69 Å². The van der Waals surface area contributed by atoms with Gasteiger partial charge in [0.1, 0.15) is 5.60 Å². The topological polar surface area (TPSA) is 65.2 Å². The van der Waals surface area contributed by atoms with Crippen molar-refractivity contribution in [3.05, 3.63) is 24.0 Å². The number of nitrogen functional groups attached to an aromatic ring is 1. The molecule has 0 aliphatic heterocycles. The molecule has 1 saturated carbocycles. The van der Waals surface area contributed by atoms with Crippen LogP contribution in [0.5, 0.6) is 0 Å². The third-order valence-electron chi connectivity index (χ3n) is 4.63. The van der Waals surface area contributed by atoms with E-state index in [1.54, 1.807) is 18.5 Å². The van der Waals surface area contributed by atoms with Crippen molar-refractivity contribution in [1.29, 1.82) is 0 Å². The van der Waals surface area contributed by atoms with Gasteiger partial charge in [-0.3, -0.25) is 9.78 Å². The lowest BCUT2D eigenvalue weighted by atomic mass is 9.69. The summed E-state index contributed by atoms with van der Waals surface area (Å²) in [5.41, 5.74) is 7.02. The second kappa shape index (κ2) is 6.14. The van der Waals surface area contributed by atoms with E-state index in [4.69, 9.17) is 10.5 Å². The Morgan fingerprint density at radius 3 is 2.57 bits per heavy atom. The minimum Gasteiger partial charge on any atom is -0.398 e. The van der Waals surface area contributed by atoms with Crippen molar-refractivity contribution in [2.24, 2.45) is 5.41 Å². The van der Waals surface area contributed by atoms with Crippen molar-refractivity contribution >= 4 is 11.5 Å². The first-order valence-corrected chi connectivity index (χ1v) is 7.74. The molecule has 0 unspecified atom stereocenters. The molecule has 1 aliphatic rings. The average molecular weight is 290 g/mol. The largest absolute Gasteiger partial charge is 0.398 e. The second-order valence-electron chi connectivity index (χ2n) is 6.77. The molecule has 4 heteroatoms. The van der Waals surface area contributed by atoms with Gasteiger partial charge in [-0.1, -0.05) is 13.8 Å². The number of hydrogen-bond acceptors (Lipinski definition) is 4. The molecule has 0 radical (unpaired) electrons. The SMILES string of the molecule is CCOC1(C(=O)Cc2cnccc2N)CCC(C)(C)CC1. The van der Waals surface area contributed by atoms with E-state index in [1.165, 1.54) is 0 Å². The first kappa shape index (κ1) is 16.0. The number of ketones is 1. The Balaban J connectivity index is 2.15. The lowest BCUT2D eigenvalue weighted by Gasteiger charge is -2.42. The minimum absolute atomic E-state index is 0.138. The molecule has 1 heterocycles. The van der Waals surface area contributed by atoms with E-state index in [9.17, 15) is 4.79 Å². The number of nitrogens with two attached hydrogens (primary N) is 1. The smallest absolute Gasteiger partial charge is 0.169 e. The van der Waals surface area contributed by atoms with Crippen molar-refractivity contribution in [2.75, 3.05) is 12.3 Å². The summed E-state index contributed by atoms with van der Waals surface area (Å²) in [5.74, 6) is 0.138. The molecule has 116 valence electrons. The maximum atomic E-state index is 12.8. The summed E-state index contributed by atoms with van der Waals surface area (Å²) in [6.45, 7) is 7.03. The standard InChI is InChI=1S/C17H26N2O2/c1-4-21-17(8-6-16(2,3)7-9-17)15(20)11-13-12-19-10-5-14(13)18/h5,10,12H,4,6-9,11H2,1-3H3,(H2,18,19). The molecule has 0 spiro atoms. The van der Waals surface area contributed by atoms with Crippen LogP contribution < -0.4 is 5.73 Å². The highest BCUT2D eigenvalue weighted by Crippen LogP contribution is 2.43. The van der Waals surface area contributed by atoms with Crippen LogP contribution in [0.15, 0.2) is 18.5 Å². The molecule has 2 rings (SSSR count). The van der Waals surface area contributed by atoms with Crippen LogP contribution in [0, 0.1) is 5.41 Å². The van der Waals surface area contributed by atoms with Gasteiger partial charge >= 0.3 is 0 Å². The second-order valence-corrected chi connectivity index (χ2v) is 6.77. The number of ether oxygens (including phenoxy) is 1. The lowest BCUT2D eigenvalue weighted by molar-refractivity contribution is -0.151. The molecule has 21 heavy (non-hydrogen) atoms. The molecule has 0 aromatic carbocycles. The van der Waals surface area contributed by atoms with Crippen molar-refractivity contribution in [2.45, 2.75) is 58.5 Å². The summed E-state index contributed by atoms with van der Waals surface area (Å²) < 4.78 is 5.93. The molecular formula is C17H26N2O2. The van der Waals surface area contributed by atoms with Gasteiger partial charge in [0.15, 0.2) is 5.78 Å². The zero-order valence-corrected chi connectivity index (χ0v) is 13.3. The van der Waals surface area contributed by atoms with Gasteiger partial charge < -0.3 is 10.5 Å². The van der Waals surface area contributed by atoms with Crippen LogP contribution in [-0.4, -0.2) is 23.0 Å². The zero-order valence-electron chi connectivity index (χ0n) is 13.3. The molecular weight excluding hydrogens is 264 g/mol. The van der Waals surface area contributed by atoms with E-state index in [-0.39, 0.29) is 5.78 Å². The third kappa shape index (κ3) is 3.62. The van der Waals surface area contributed by atoms with E-state index in [1.807, 2.05) is 6.92 Å². The van der Waals surface area contributed by atoms with Crippen molar-refractivity contribution in [3.63, 3.8) is 0 Å². The Labute approximate surface area is 127 Å². The zero-order chi connectivity index (χ0) is 15.5. The highest BCUT2D eigenvalue weighted by molar-refractivity contribution is 5.90. The summed E-state index contributed by atoms with van der Waals surface area (Å²) in [6.07, 6.45) is 7.26. The quantitative estimate of drug-likeness (QED) is 0.904. The number of hydrogen-bond donors (Lipinski definition) is 1. The van der Waals surface area contributed by atoms with Crippen molar-refractivity contribution < 1.29 is 9.53 Å². The summed E-state index contributed by atoms with van der Waals surface area (Å²) in [4.78, 5) is 16.9. The summed E-state index contributed by atoms with van der Waals surface area (Å²) in [7, 11) is 0. The fourth-order valence-electron chi connectivity index (χ4n) is 3.03. The number of rotatable bonds is 5. The number of nitrogens with zero attached hydrogens (tertiary/aromatic N) is 1. The van der Waals surface area contributed by atoms with Gasteiger partial charge in [-0.25, -0.2) is 0 Å². The number of pyridine rings is 1. The summed E-state index contributed by atoms with van der Waals surface area (Å²) in [5, 5.41) is 0. The Hall–Kier alpha value is -1.42. The van der Waals surface area contributed by atoms with Gasteiger partial charge in [0.05, 0.1) is 0 Å². The van der Waals surface area contributed by atoms with Gasteiger partial charge in [0, 0.05) is 36.7 Å². The molecule has 0 atom stereocenters. The van der Waals surface area contributed by atoms with Gasteiger partial charge in [-0.05, 0) is 44.1 Å². The van der Waals surface area contributed by atoms with Gasteiger partial charge in [-0.15, -0.1) is 0 Å². The fraction of sp³-hybridized carbons (Fsp3) is 0.647. The van der Waals surface area contributed by atoms with Crippen LogP contribution in [0.2, 0.25) is 0 Å². The minimum atomic E-state index is -0.632. The van der Waals surface area contributed by atoms with Crippen LogP contribution in [0.3, 0.4) is 0 Å². The Kier molecular flexibility index (Phi) is 4.67. The summed E-state index contributed by atoms with van der Waals surface area (Å²) in [6, 6.07) is 1.74. The van der Waals surface area contributed by atoms with Gasteiger partial charge in [0.25, 0.3) is 0 Å². The molecule has 0 saturated heterocycles. The molecule has 0 amide bonds. The average Bonchev–Trinajstić information content (AvgIpc) is 2.44. The van der Waals surface area contributed by atoms with Crippen molar-refractivity contribution in [3.8, 4) is 0 Å². The van der Waals surface area contributed by atoms with E-state index < -0.39 is 5.60 Å². The lowest BCUT2D eigenvalue weighted by Crippen LogP contribution is -2.47. The number of Topliss-reactive ketones (excluding diaryl/α,β-unsaturated/α-hetero) is 1. The normalized spacial score (nSPS) is 20.1. The molecule has 1 fully saturated rings. The first-order valence-electron chi connectivity index (χ1n) is 7.74.